The van der Waals surface area contributed by atoms with Crippen LogP contribution in [0.2, 0.25) is 0 Å². The molecule has 4 heteroatoms. The summed E-state index contributed by atoms with van der Waals surface area (Å²) < 4.78 is 0. The number of aromatic nitrogens is 1. The molecule has 0 fully saturated rings. The Morgan fingerprint density at radius 1 is 1.35 bits per heavy atom. The van der Waals surface area contributed by atoms with Crippen molar-refractivity contribution in [1.82, 2.24) is 10.3 Å². The van der Waals surface area contributed by atoms with Crippen molar-refractivity contribution in [2.75, 3.05) is 0 Å². The zero-order valence-electron chi connectivity index (χ0n) is 9.71. The Hall–Kier alpha value is -1.23. The summed E-state index contributed by atoms with van der Waals surface area (Å²) in [7, 11) is 0. The molecule has 17 heavy (non-hydrogen) atoms. The third kappa shape index (κ3) is 3.36. The van der Waals surface area contributed by atoms with Gasteiger partial charge in [0.15, 0.2) is 0 Å². The number of thiophene rings is 1. The van der Waals surface area contributed by atoms with Gasteiger partial charge in [0.1, 0.15) is 6.10 Å². The molecule has 0 saturated heterocycles. The summed E-state index contributed by atoms with van der Waals surface area (Å²) in [5, 5.41) is 15.4. The summed E-state index contributed by atoms with van der Waals surface area (Å²) in [5.41, 5.74) is 1.17. The largest absolute Gasteiger partial charge is 0.386 e. The highest BCUT2D eigenvalue weighted by atomic mass is 32.1. The standard InChI is InChI=1S/C13H16N2OS/c1-10(13(16)12-3-2-8-17-12)15-9-11-4-6-14-7-5-11/h2-8,10,13,15-16H,9H2,1H3. The monoisotopic (exact) mass is 248 g/mol. The van der Waals surface area contributed by atoms with Crippen LogP contribution in [0.15, 0.2) is 42.0 Å². The molecule has 2 aromatic heterocycles. The molecule has 2 atom stereocenters. The zero-order valence-corrected chi connectivity index (χ0v) is 10.5. The number of aliphatic hydroxyl groups excluding tert-OH is 1. The minimum Gasteiger partial charge on any atom is -0.386 e. The Morgan fingerprint density at radius 3 is 2.76 bits per heavy atom. The van der Waals surface area contributed by atoms with Gasteiger partial charge in [-0.2, -0.15) is 0 Å². The van der Waals surface area contributed by atoms with Crippen LogP contribution in [-0.4, -0.2) is 16.1 Å². The lowest BCUT2D eigenvalue weighted by Gasteiger charge is -2.19. The van der Waals surface area contributed by atoms with E-state index in [1.807, 2.05) is 36.6 Å². The second kappa shape index (κ2) is 5.91. The molecule has 0 amide bonds. The molecule has 0 aromatic carbocycles. The van der Waals surface area contributed by atoms with Crippen molar-refractivity contribution in [3.05, 3.63) is 52.5 Å². The van der Waals surface area contributed by atoms with Gasteiger partial charge in [0.25, 0.3) is 0 Å². The second-order valence-electron chi connectivity index (χ2n) is 3.99. The average Bonchev–Trinajstić information content (AvgIpc) is 2.90. The Bertz CT molecular complexity index is 430. The normalized spacial score (nSPS) is 14.5. The van der Waals surface area contributed by atoms with E-state index in [1.54, 1.807) is 23.7 Å². The van der Waals surface area contributed by atoms with Crippen molar-refractivity contribution < 1.29 is 5.11 Å². The van der Waals surface area contributed by atoms with Crippen molar-refractivity contribution in [2.24, 2.45) is 0 Å². The Labute approximate surface area is 105 Å². The lowest BCUT2D eigenvalue weighted by atomic mass is 10.1. The van der Waals surface area contributed by atoms with Gasteiger partial charge in [0, 0.05) is 29.9 Å². The second-order valence-corrected chi connectivity index (χ2v) is 4.96. The quantitative estimate of drug-likeness (QED) is 0.853. The minimum absolute atomic E-state index is 0.0295. The Morgan fingerprint density at radius 2 is 2.12 bits per heavy atom. The first-order chi connectivity index (χ1) is 8.27. The molecule has 0 saturated carbocycles. The van der Waals surface area contributed by atoms with Crippen LogP contribution in [0.5, 0.6) is 0 Å². The average molecular weight is 248 g/mol. The molecule has 2 heterocycles. The molecule has 2 aromatic rings. The fraction of sp³-hybridized carbons (Fsp3) is 0.308. The fourth-order valence-corrected chi connectivity index (χ4v) is 2.41. The van der Waals surface area contributed by atoms with Crippen LogP contribution in [0.3, 0.4) is 0 Å². The number of hydrogen-bond donors (Lipinski definition) is 2. The molecule has 0 aliphatic rings. The van der Waals surface area contributed by atoms with Crippen molar-refractivity contribution in [3.63, 3.8) is 0 Å². The maximum atomic E-state index is 10.1. The molecule has 0 radical (unpaired) electrons. The molecule has 0 aliphatic heterocycles. The van der Waals surface area contributed by atoms with Gasteiger partial charge < -0.3 is 10.4 Å². The molecular weight excluding hydrogens is 232 g/mol. The molecule has 2 rings (SSSR count). The smallest absolute Gasteiger partial charge is 0.103 e. The van der Waals surface area contributed by atoms with E-state index in [0.717, 1.165) is 11.4 Å². The first-order valence-electron chi connectivity index (χ1n) is 5.61. The van der Waals surface area contributed by atoms with E-state index in [2.05, 4.69) is 10.3 Å². The maximum Gasteiger partial charge on any atom is 0.103 e. The van der Waals surface area contributed by atoms with E-state index in [0.29, 0.717) is 0 Å². The lowest BCUT2D eigenvalue weighted by Crippen LogP contribution is -2.31. The maximum absolute atomic E-state index is 10.1. The van der Waals surface area contributed by atoms with Gasteiger partial charge in [0.05, 0.1) is 0 Å². The lowest BCUT2D eigenvalue weighted by molar-refractivity contribution is 0.139. The van der Waals surface area contributed by atoms with Gasteiger partial charge in [-0.15, -0.1) is 11.3 Å². The fourth-order valence-electron chi connectivity index (χ4n) is 1.60. The molecule has 0 spiro atoms. The Kier molecular flexibility index (Phi) is 4.25. The van der Waals surface area contributed by atoms with Crippen molar-refractivity contribution >= 4 is 11.3 Å². The number of aliphatic hydroxyl groups is 1. The van der Waals surface area contributed by atoms with E-state index in [-0.39, 0.29) is 6.04 Å². The molecule has 2 unspecified atom stereocenters. The van der Waals surface area contributed by atoms with Crippen LogP contribution in [0, 0.1) is 0 Å². The van der Waals surface area contributed by atoms with Gasteiger partial charge in [-0.3, -0.25) is 4.98 Å². The van der Waals surface area contributed by atoms with E-state index in [9.17, 15) is 5.11 Å². The Balaban J connectivity index is 1.87. The molecule has 3 nitrogen and oxygen atoms in total. The summed E-state index contributed by atoms with van der Waals surface area (Å²) in [4.78, 5) is 4.97. The van der Waals surface area contributed by atoms with Crippen LogP contribution in [0.1, 0.15) is 23.5 Å². The summed E-state index contributed by atoms with van der Waals surface area (Å²) in [5.74, 6) is 0. The minimum atomic E-state index is -0.447. The van der Waals surface area contributed by atoms with E-state index in [1.165, 1.54) is 5.56 Å². The van der Waals surface area contributed by atoms with Gasteiger partial charge in [0.2, 0.25) is 0 Å². The van der Waals surface area contributed by atoms with E-state index >= 15 is 0 Å². The third-order valence-electron chi connectivity index (χ3n) is 2.69. The van der Waals surface area contributed by atoms with Crippen LogP contribution in [-0.2, 0) is 6.54 Å². The van der Waals surface area contributed by atoms with Gasteiger partial charge in [-0.1, -0.05) is 6.07 Å². The molecule has 0 aliphatic carbocycles. The van der Waals surface area contributed by atoms with Crippen LogP contribution < -0.4 is 5.32 Å². The van der Waals surface area contributed by atoms with E-state index < -0.39 is 6.10 Å². The molecule has 90 valence electrons. The predicted octanol–water partition coefficient (Wildman–Crippen LogP) is 2.35. The van der Waals surface area contributed by atoms with Crippen molar-refractivity contribution in [1.29, 1.82) is 0 Å². The van der Waals surface area contributed by atoms with Crippen molar-refractivity contribution in [3.8, 4) is 0 Å². The highest BCUT2D eigenvalue weighted by Gasteiger charge is 2.16. The molecule has 2 N–H and O–H groups in total. The topological polar surface area (TPSA) is 45.2 Å². The first-order valence-corrected chi connectivity index (χ1v) is 6.49. The number of nitrogens with zero attached hydrogens (tertiary/aromatic N) is 1. The van der Waals surface area contributed by atoms with E-state index in [4.69, 9.17) is 0 Å². The zero-order chi connectivity index (χ0) is 12.1. The summed E-state index contributed by atoms with van der Waals surface area (Å²) in [6.45, 7) is 2.73. The molecule has 0 bridgehead atoms. The van der Waals surface area contributed by atoms with Crippen LogP contribution in [0.25, 0.3) is 0 Å². The highest BCUT2D eigenvalue weighted by molar-refractivity contribution is 7.10. The number of hydrogen-bond acceptors (Lipinski definition) is 4. The SMILES string of the molecule is CC(NCc1ccncc1)C(O)c1cccs1. The predicted molar refractivity (Wildman–Crippen MR) is 69.8 cm³/mol. The van der Waals surface area contributed by atoms with Gasteiger partial charge in [-0.05, 0) is 36.1 Å². The summed E-state index contributed by atoms with van der Waals surface area (Å²) >= 11 is 1.58. The number of nitrogens with one attached hydrogen (secondary N) is 1. The first kappa shape index (κ1) is 12.2. The van der Waals surface area contributed by atoms with Gasteiger partial charge >= 0.3 is 0 Å². The molecular formula is C13H16N2OS. The summed E-state index contributed by atoms with van der Waals surface area (Å²) in [6.07, 6.45) is 3.10. The highest BCUT2D eigenvalue weighted by Crippen LogP contribution is 2.21. The van der Waals surface area contributed by atoms with Gasteiger partial charge in [-0.25, -0.2) is 0 Å². The van der Waals surface area contributed by atoms with Crippen molar-refractivity contribution in [2.45, 2.75) is 25.6 Å². The number of rotatable bonds is 5. The van der Waals surface area contributed by atoms with Crippen LogP contribution in [0.4, 0.5) is 0 Å². The summed E-state index contributed by atoms with van der Waals surface area (Å²) in [6, 6.07) is 7.88. The third-order valence-corrected chi connectivity index (χ3v) is 3.63. The van der Waals surface area contributed by atoms with Crippen LogP contribution >= 0.6 is 11.3 Å². The number of pyridine rings is 1.